The fraction of sp³-hybridized carbons (Fsp3) is 0.688. The molecule has 0 aromatic carbocycles. The van der Waals surface area contributed by atoms with E-state index in [2.05, 4.69) is 34.4 Å². The van der Waals surface area contributed by atoms with E-state index in [1.165, 1.54) is 12.8 Å². The molecule has 1 aromatic heterocycles. The van der Waals surface area contributed by atoms with Crippen LogP contribution in [0.4, 0.5) is 0 Å². The molecule has 0 bridgehead atoms. The summed E-state index contributed by atoms with van der Waals surface area (Å²) in [5.74, 6) is 1.86. The number of aliphatic imine (C=N–C) groups is 1. The Morgan fingerprint density at radius 3 is 2.64 bits per heavy atom. The molecule has 1 aromatic rings. The van der Waals surface area contributed by atoms with Gasteiger partial charge in [-0.25, -0.2) is 0 Å². The van der Waals surface area contributed by atoms with Gasteiger partial charge in [-0.3, -0.25) is 9.89 Å². The van der Waals surface area contributed by atoms with Crippen molar-refractivity contribution in [3.05, 3.63) is 24.2 Å². The van der Waals surface area contributed by atoms with E-state index in [1.54, 1.807) is 6.26 Å². The first-order valence-corrected chi connectivity index (χ1v) is 7.93. The zero-order chi connectivity index (χ0) is 15.1. The van der Waals surface area contributed by atoms with Crippen molar-refractivity contribution in [2.45, 2.75) is 45.2 Å². The van der Waals surface area contributed by atoms with E-state index < -0.39 is 0 Å². The van der Waals surface area contributed by atoms with Gasteiger partial charge in [0, 0.05) is 45.2 Å². The lowest BCUT2D eigenvalue weighted by Gasteiger charge is -2.26. The topological polar surface area (TPSA) is 52.8 Å². The smallest absolute Gasteiger partial charge is 0.191 e. The number of rotatable bonds is 8. The number of nitrogens with one attached hydrogen (secondary N) is 2. The zero-order valence-corrected chi connectivity index (χ0v) is 16.2. The first-order chi connectivity index (χ1) is 10.2. The first kappa shape index (κ1) is 19.3. The molecule has 2 N–H and O–H groups in total. The predicted octanol–water partition coefficient (Wildman–Crippen LogP) is 2.48. The molecule has 1 saturated carbocycles. The molecule has 0 unspecified atom stereocenters. The van der Waals surface area contributed by atoms with Crippen LogP contribution in [0, 0.1) is 0 Å². The zero-order valence-electron chi connectivity index (χ0n) is 13.8. The summed E-state index contributed by atoms with van der Waals surface area (Å²) in [6.07, 6.45) is 5.29. The van der Waals surface area contributed by atoms with Gasteiger partial charge in [-0.1, -0.05) is 0 Å². The molecule has 1 aliphatic rings. The minimum absolute atomic E-state index is 0. The Morgan fingerprint density at radius 2 is 2.09 bits per heavy atom. The molecule has 22 heavy (non-hydrogen) atoms. The second kappa shape index (κ2) is 10.1. The molecule has 0 saturated heterocycles. The van der Waals surface area contributed by atoms with Crippen LogP contribution in [0.5, 0.6) is 0 Å². The van der Waals surface area contributed by atoms with Gasteiger partial charge < -0.3 is 15.1 Å². The van der Waals surface area contributed by atoms with E-state index in [0.29, 0.717) is 6.04 Å². The molecule has 0 atom stereocenters. The Hall–Kier alpha value is -0.760. The highest BCUT2D eigenvalue weighted by Crippen LogP contribution is 2.27. The lowest BCUT2D eigenvalue weighted by Crippen LogP contribution is -2.44. The van der Waals surface area contributed by atoms with Crippen LogP contribution in [0.15, 0.2) is 27.8 Å². The number of hydrogen-bond donors (Lipinski definition) is 2. The van der Waals surface area contributed by atoms with Gasteiger partial charge in [-0.2, -0.15) is 0 Å². The van der Waals surface area contributed by atoms with E-state index in [4.69, 9.17) is 4.42 Å². The van der Waals surface area contributed by atoms with Crippen molar-refractivity contribution in [2.75, 3.05) is 26.7 Å². The highest BCUT2D eigenvalue weighted by atomic mass is 127. The van der Waals surface area contributed by atoms with E-state index in [1.807, 2.05) is 19.2 Å². The lowest BCUT2D eigenvalue weighted by molar-refractivity contribution is 0.215. The fourth-order valence-electron chi connectivity index (χ4n) is 2.55. The maximum Gasteiger partial charge on any atom is 0.191 e. The highest BCUT2D eigenvalue weighted by molar-refractivity contribution is 14.0. The molecule has 5 nitrogen and oxygen atoms in total. The Balaban J connectivity index is 0.00000242. The average molecular weight is 420 g/mol. The Bertz CT molecular complexity index is 427. The Labute approximate surface area is 150 Å². The SMILES string of the molecule is CN=C(NCCc1ccco1)NCCN(C(C)C)C1CC1.I. The van der Waals surface area contributed by atoms with Gasteiger partial charge in [-0.15, -0.1) is 24.0 Å². The molecule has 0 radical (unpaired) electrons. The number of guanidine groups is 1. The number of halogens is 1. The molecule has 2 rings (SSSR count). The maximum atomic E-state index is 5.31. The van der Waals surface area contributed by atoms with Crippen LogP contribution in [0.1, 0.15) is 32.4 Å². The molecule has 1 aliphatic carbocycles. The van der Waals surface area contributed by atoms with Crippen molar-refractivity contribution >= 4 is 29.9 Å². The molecule has 1 heterocycles. The molecular weight excluding hydrogens is 391 g/mol. The van der Waals surface area contributed by atoms with Gasteiger partial charge >= 0.3 is 0 Å². The standard InChI is InChI=1S/C16H28N4O.HI/c1-13(2)20(14-6-7-14)11-10-19-16(17-3)18-9-8-15-5-4-12-21-15;/h4-5,12-14H,6-11H2,1-3H3,(H2,17,18,19);1H. The Kier molecular flexibility index (Phi) is 8.85. The third-order valence-corrected chi connectivity index (χ3v) is 3.81. The van der Waals surface area contributed by atoms with Gasteiger partial charge in [0.05, 0.1) is 6.26 Å². The summed E-state index contributed by atoms with van der Waals surface area (Å²) in [6, 6.07) is 5.34. The summed E-state index contributed by atoms with van der Waals surface area (Å²) in [4.78, 5) is 6.83. The fourth-order valence-corrected chi connectivity index (χ4v) is 2.55. The second-order valence-electron chi connectivity index (χ2n) is 5.82. The van der Waals surface area contributed by atoms with Crippen molar-refractivity contribution in [3.63, 3.8) is 0 Å². The van der Waals surface area contributed by atoms with Crippen molar-refractivity contribution < 1.29 is 4.42 Å². The van der Waals surface area contributed by atoms with Crippen LogP contribution in [-0.2, 0) is 6.42 Å². The van der Waals surface area contributed by atoms with E-state index in [9.17, 15) is 0 Å². The number of hydrogen-bond acceptors (Lipinski definition) is 3. The summed E-state index contributed by atoms with van der Waals surface area (Å²) in [5, 5.41) is 6.70. The van der Waals surface area contributed by atoms with Gasteiger partial charge in [0.2, 0.25) is 0 Å². The van der Waals surface area contributed by atoms with Crippen molar-refractivity contribution in [1.82, 2.24) is 15.5 Å². The van der Waals surface area contributed by atoms with Crippen LogP contribution in [0.2, 0.25) is 0 Å². The van der Waals surface area contributed by atoms with Crippen LogP contribution >= 0.6 is 24.0 Å². The van der Waals surface area contributed by atoms with Crippen molar-refractivity contribution in [3.8, 4) is 0 Å². The largest absolute Gasteiger partial charge is 0.469 e. The maximum absolute atomic E-state index is 5.31. The highest BCUT2D eigenvalue weighted by Gasteiger charge is 2.29. The molecule has 1 fully saturated rings. The number of furan rings is 1. The monoisotopic (exact) mass is 420 g/mol. The van der Waals surface area contributed by atoms with Gasteiger partial charge in [0.25, 0.3) is 0 Å². The van der Waals surface area contributed by atoms with Crippen molar-refractivity contribution in [2.24, 2.45) is 4.99 Å². The van der Waals surface area contributed by atoms with Crippen LogP contribution in [0.25, 0.3) is 0 Å². The van der Waals surface area contributed by atoms with Crippen LogP contribution in [-0.4, -0.2) is 49.6 Å². The van der Waals surface area contributed by atoms with E-state index in [-0.39, 0.29) is 24.0 Å². The summed E-state index contributed by atoms with van der Waals surface area (Å²) in [5.41, 5.74) is 0. The first-order valence-electron chi connectivity index (χ1n) is 7.93. The second-order valence-corrected chi connectivity index (χ2v) is 5.82. The molecule has 0 amide bonds. The van der Waals surface area contributed by atoms with E-state index >= 15 is 0 Å². The van der Waals surface area contributed by atoms with Gasteiger partial charge in [0.1, 0.15) is 5.76 Å². The van der Waals surface area contributed by atoms with E-state index in [0.717, 1.165) is 43.8 Å². The van der Waals surface area contributed by atoms with Gasteiger partial charge in [-0.05, 0) is 38.8 Å². The molecule has 0 spiro atoms. The quantitative estimate of drug-likeness (QED) is 0.386. The minimum Gasteiger partial charge on any atom is -0.469 e. The third-order valence-electron chi connectivity index (χ3n) is 3.81. The Morgan fingerprint density at radius 1 is 1.36 bits per heavy atom. The summed E-state index contributed by atoms with van der Waals surface area (Å²) >= 11 is 0. The minimum atomic E-state index is 0. The van der Waals surface area contributed by atoms with Crippen LogP contribution < -0.4 is 10.6 Å². The molecular formula is C16H29IN4O. The number of nitrogens with zero attached hydrogens (tertiary/aromatic N) is 2. The van der Waals surface area contributed by atoms with Gasteiger partial charge in [0.15, 0.2) is 5.96 Å². The summed E-state index contributed by atoms with van der Waals surface area (Å²) < 4.78 is 5.31. The van der Waals surface area contributed by atoms with Crippen molar-refractivity contribution in [1.29, 1.82) is 0 Å². The molecule has 126 valence electrons. The molecule has 6 heteroatoms. The lowest BCUT2D eigenvalue weighted by atomic mass is 10.3. The van der Waals surface area contributed by atoms with Crippen LogP contribution in [0.3, 0.4) is 0 Å². The normalized spacial score (nSPS) is 15.0. The third kappa shape index (κ3) is 6.56. The summed E-state index contributed by atoms with van der Waals surface area (Å²) in [6.45, 7) is 7.36. The molecule has 0 aliphatic heterocycles. The average Bonchev–Trinajstić information content (AvgIpc) is 3.17. The predicted molar refractivity (Wildman–Crippen MR) is 102 cm³/mol. The summed E-state index contributed by atoms with van der Waals surface area (Å²) in [7, 11) is 1.81.